The second-order valence-electron chi connectivity index (χ2n) is 4.94. The van der Waals surface area contributed by atoms with Crippen LogP contribution in [0.4, 0.5) is 0 Å². The van der Waals surface area contributed by atoms with Gasteiger partial charge in [0.25, 0.3) is 5.91 Å². The molecule has 5 nitrogen and oxygen atoms in total. The summed E-state index contributed by atoms with van der Waals surface area (Å²) in [5.74, 6) is 0.355. The highest BCUT2D eigenvalue weighted by atomic mass is 32.1. The Kier molecular flexibility index (Phi) is 4.02. The summed E-state index contributed by atoms with van der Waals surface area (Å²) in [5.41, 5.74) is 4.10. The zero-order chi connectivity index (χ0) is 15.5. The number of thiophene rings is 1. The van der Waals surface area contributed by atoms with Crippen LogP contribution < -0.4 is 5.32 Å². The van der Waals surface area contributed by atoms with Crippen LogP contribution in [-0.4, -0.2) is 16.0 Å². The molecule has 6 heteroatoms. The van der Waals surface area contributed by atoms with Gasteiger partial charge >= 0.3 is 0 Å². The average Bonchev–Trinajstić information content (AvgIpc) is 3.16. The van der Waals surface area contributed by atoms with Gasteiger partial charge < -0.3 is 9.84 Å². The van der Waals surface area contributed by atoms with Gasteiger partial charge in [-0.15, -0.1) is 0 Å². The number of pyridine rings is 1. The zero-order valence-electron chi connectivity index (χ0n) is 12.3. The van der Waals surface area contributed by atoms with E-state index in [1.165, 1.54) is 0 Å². The Hall–Kier alpha value is -2.47. The van der Waals surface area contributed by atoms with Crippen molar-refractivity contribution in [1.29, 1.82) is 0 Å². The lowest BCUT2D eigenvalue weighted by Gasteiger charge is -2.06. The van der Waals surface area contributed by atoms with E-state index in [2.05, 4.69) is 20.8 Å². The maximum absolute atomic E-state index is 12.2. The topological polar surface area (TPSA) is 68.0 Å². The van der Waals surface area contributed by atoms with E-state index in [9.17, 15) is 4.79 Å². The minimum absolute atomic E-state index is 0.176. The molecule has 1 N–H and O–H groups in total. The predicted molar refractivity (Wildman–Crippen MR) is 84.7 cm³/mol. The molecule has 3 aromatic rings. The van der Waals surface area contributed by atoms with Gasteiger partial charge in [-0.2, -0.15) is 11.3 Å². The van der Waals surface area contributed by atoms with E-state index >= 15 is 0 Å². The summed E-state index contributed by atoms with van der Waals surface area (Å²) in [5, 5.41) is 10.8. The van der Waals surface area contributed by atoms with Gasteiger partial charge in [-0.3, -0.25) is 9.78 Å². The Morgan fingerprint density at radius 3 is 2.91 bits per heavy atom. The fourth-order valence-electron chi connectivity index (χ4n) is 2.23. The molecule has 0 saturated heterocycles. The van der Waals surface area contributed by atoms with E-state index in [4.69, 9.17) is 4.52 Å². The molecule has 0 aliphatic carbocycles. The molecule has 0 bridgehead atoms. The summed E-state index contributed by atoms with van der Waals surface area (Å²) >= 11 is 1.63. The molecule has 0 fully saturated rings. The molecule has 0 unspecified atom stereocenters. The van der Waals surface area contributed by atoms with Crippen LogP contribution in [0.5, 0.6) is 0 Å². The number of aryl methyl sites for hydroxylation is 2. The van der Waals surface area contributed by atoms with Crippen molar-refractivity contribution in [2.75, 3.05) is 0 Å². The number of hydrogen-bond acceptors (Lipinski definition) is 5. The van der Waals surface area contributed by atoms with Crippen LogP contribution in [0.15, 0.2) is 39.7 Å². The van der Waals surface area contributed by atoms with Gasteiger partial charge in [0.1, 0.15) is 11.3 Å². The number of rotatable bonds is 4. The van der Waals surface area contributed by atoms with E-state index < -0.39 is 0 Å². The second kappa shape index (κ2) is 6.11. The highest BCUT2D eigenvalue weighted by Gasteiger charge is 2.17. The van der Waals surface area contributed by atoms with Crippen molar-refractivity contribution in [3.05, 3.63) is 57.7 Å². The van der Waals surface area contributed by atoms with E-state index in [1.807, 2.05) is 23.6 Å². The number of nitrogens with one attached hydrogen (secondary N) is 1. The molecule has 0 radical (unpaired) electrons. The van der Waals surface area contributed by atoms with E-state index in [-0.39, 0.29) is 5.91 Å². The Morgan fingerprint density at radius 1 is 1.36 bits per heavy atom. The normalized spacial score (nSPS) is 10.6. The Balaban J connectivity index is 1.72. The summed E-state index contributed by atoms with van der Waals surface area (Å²) in [4.78, 5) is 16.6. The lowest BCUT2D eigenvalue weighted by Crippen LogP contribution is -2.23. The van der Waals surface area contributed by atoms with Crippen molar-refractivity contribution in [1.82, 2.24) is 15.5 Å². The molecule has 3 rings (SSSR count). The minimum atomic E-state index is -0.176. The first-order chi connectivity index (χ1) is 10.6. The summed E-state index contributed by atoms with van der Waals surface area (Å²) in [6, 6.07) is 5.90. The van der Waals surface area contributed by atoms with Gasteiger partial charge in [0.15, 0.2) is 0 Å². The van der Waals surface area contributed by atoms with Gasteiger partial charge in [0.05, 0.1) is 11.4 Å². The third-order valence-corrected chi connectivity index (χ3v) is 4.04. The quantitative estimate of drug-likeness (QED) is 0.802. The standard InChI is InChI=1S/C16H15N3O2S/c1-10-15(11(2)21-19-10)16(20)18-8-12-3-5-17-14(7-12)13-4-6-22-9-13/h3-7,9H,8H2,1-2H3,(H,18,20). The fraction of sp³-hybridized carbons (Fsp3) is 0.188. The highest BCUT2D eigenvalue weighted by Crippen LogP contribution is 2.20. The predicted octanol–water partition coefficient (Wildman–Crippen LogP) is 3.34. The molecule has 1 amide bonds. The van der Waals surface area contributed by atoms with Crippen LogP contribution in [0.3, 0.4) is 0 Å². The Morgan fingerprint density at radius 2 is 2.23 bits per heavy atom. The van der Waals surface area contributed by atoms with Crippen molar-refractivity contribution >= 4 is 17.2 Å². The largest absolute Gasteiger partial charge is 0.361 e. The van der Waals surface area contributed by atoms with Gasteiger partial charge in [0, 0.05) is 23.7 Å². The van der Waals surface area contributed by atoms with Crippen LogP contribution in [0.2, 0.25) is 0 Å². The van der Waals surface area contributed by atoms with Crippen LogP contribution in [-0.2, 0) is 6.54 Å². The van der Waals surface area contributed by atoms with Crippen molar-refractivity contribution in [3.63, 3.8) is 0 Å². The first-order valence-electron chi connectivity index (χ1n) is 6.83. The smallest absolute Gasteiger partial charge is 0.257 e. The molecule has 0 aliphatic heterocycles. The number of aromatic nitrogens is 2. The van der Waals surface area contributed by atoms with Crippen molar-refractivity contribution in [2.24, 2.45) is 0 Å². The Labute approximate surface area is 132 Å². The van der Waals surface area contributed by atoms with Crippen LogP contribution in [0.1, 0.15) is 27.4 Å². The average molecular weight is 313 g/mol. The molecule has 0 atom stereocenters. The van der Waals surface area contributed by atoms with E-state index in [0.29, 0.717) is 23.6 Å². The molecular weight excluding hydrogens is 298 g/mol. The van der Waals surface area contributed by atoms with Gasteiger partial charge in [0.2, 0.25) is 0 Å². The third kappa shape index (κ3) is 2.92. The number of hydrogen-bond donors (Lipinski definition) is 1. The monoisotopic (exact) mass is 313 g/mol. The first-order valence-corrected chi connectivity index (χ1v) is 7.78. The lowest BCUT2D eigenvalue weighted by atomic mass is 10.1. The van der Waals surface area contributed by atoms with Crippen LogP contribution in [0.25, 0.3) is 11.3 Å². The minimum Gasteiger partial charge on any atom is -0.361 e. The fourth-order valence-corrected chi connectivity index (χ4v) is 2.88. The summed E-state index contributed by atoms with van der Waals surface area (Å²) in [7, 11) is 0. The van der Waals surface area contributed by atoms with Crippen LogP contribution in [0, 0.1) is 13.8 Å². The van der Waals surface area contributed by atoms with E-state index in [1.54, 1.807) is 31.4 Å². The number of amides is 1. The van der Waals surface area contributed by atoms with Gasteiger partial charge in [-0.05, 0) is 43.0 Å². The maximum atomic E-state index is 12.2. The lowest BCUT2D eigenvalue weighted by molar-refractivity contribution is 0.0949. The molecule has 3 aromatic heterocycles. The zero-order valence-corrected chi connectivity index (χ0v) is 13.1. The number of carbonyl (C=O) groups is 1. The molecule has 0 aromatic carbocycles. The molecule has 112 valence electrons. The third-order valence-electron chi connectivity index (χ3n) is 3.35. The van der Waals surface area contributed by atoms with Crippen molar-refractivity contribution in [3.8, 4) is 11.3 Å². The molecule has 0 saturated carbocycles. The van der Waals surface area contributed by atoms with E-state index in [0.717, 1.165) is 16.8 Å². The molecule has 3 heterocycles. The molecule has 0 aliphatic rings. The van der Waals surface area contributed by atoms with Crippen molar-refractivity contribution in [2.45, 2.75) is 20.4 Å². The molecule has 22 heavy (non-hydrogen) atoms. The maximum Gasteiger partial charge on any atom is 0.257 e. The summed E-state index contributed by atoms with van der Waals surface area (Å²) in [6.45, 7) is 3.92. The summed E-state index contributed by atoms with van der Waals surface area (Å²) in [6.07, 6.45) is 1.75. The Bertz CT molecular complexity index is 774. The first kappa shape index (κ1) is 14.5. The molecular formula is C16H15N3O2S. The second-order valence-corrected chi connectivity index (χ2v) is 5.72. The SMILES string of the molecule is Cc1noc(C)c1C(=O)NCc1ccnc(-c2ccsc2)c1. The number of carbonyl (C=O) groups excluding carboxylic acids is 1. The van der Waals surface area contributed by atoms with Crippen LogP contribution >= 0.6 is 11.3 Å². The molecule has 0 spiro atoms. The van der Waals surface area contributed by atoms with Gasteiger partial charge in [-0.1, -0.05) is 5.16 Å². The van der Waals surface area contributed by atoms with Gasteiger partial charge in [-0.25, -0.2) is 0 Å². The number of nitrogens with zero attached hydrogens (tertiary/aromatic N) is 2. The summed E-state index contributed by atoms with van der Waals surface area (Å²) < 4.78 is 5.02. The highest BCUT2D eigenvalue weighted by molar-refractivity contribution is 7.08. The van der Waals surface area contributed by atoms with Crippen molar-refractivity contribution < 1.29 is 9.32 Å².